The van der Waals surface area contributed by atoms with Crippen LogP contribution in [0.25, 0.3) is 0 Å². The molecule has 1 heterocycles. The predicted molar refractivity (Wildman–Crippen MR) is 80.9 cm³/mol. The Labute approximate surface area is 125 Å². The van der Waals surface area contributed by atoms with E-state index in [1.54, 1.807) is 0 Å². The summed E-state index contributed by atoms with van der Waals surface area (Å²) in [6.07, 6.45) is 3.99. The topological polar surface area (TPSA) is 57.6 Å². The number of carbonyl (C=O) groups is 2. The van der Waals surface area contributed by atoms with Crippen LogP contribution < -0.4 is 0 Å². The average Bonchev–Trinajstić information content (AvgIpc) is 2.93. The number of hydrogen-bond acceptors (Lipinski definition) is 2. The Balaban J connectivity index is 1.69. The Bertz CT molecular complexity index is 472. The highest BCUT2D eigenvalue weighted by atomic mass is 16.4. The number of aliphatic carboxylic acids is 1. The number of nitrogens with zero attached hydrogens (tertiary/aromatic N) is 1. The quantitative estimate of drug-likeness (QED) is 0.785. The molecule has 4 heteroatoms. The molecule has 1 N–H and O–H groups in total. The van der Waals surface area contributed by atoms with E-state index in [1.807, 2.05) is 11.0 Å². The zero-order chi connectivity index (χ0) is 15.1. The SMILES string of the molecule is O=C(O)CCCCC(=O)N1CCC(Cc2ccccc2)C1. The first-order valence-corrected chi connectivity index (χ1v) is 7.68. The van der Waals surface area contributed by atoms with Gasteiger partial charge in [-0.25, -0.2) is 0 Å². The van der Waals surface area contributed by atoms with Gasteiger partial charge in [-0.15, -0.1) is 0 Å². The summed E-state index contributed by atoms with van der Waals surface area (Å²) in [4.78, 5) is 24.4. The summed E-state index contributed by atoms with van der Waals surface area (Å²) in [7, 11) is 0. The van der Waals surface area contributed by atoms with Crippen LogP contribution in [0.4, 0.5) is 0 Å². The number of benzene rings is 1. The highest BCUT2D eigenvalue weighted by Gasteiger charge is 2.25. The second-order valence-corrected chi connectivity index (χ2v) is 5.79. The van der Waals surface area contributed by atoms with Crippen molar-refractivity contribution in [3.05, 3.63) is 35.9 Å². The number of unbranched alkanes of at least 4 members (excludes halogenated alkanes) is 1. The van der Waals surface area contributed by atoms with Crippen molar-refractivity contribution < 1.29 is 14.7 Å². The van der Waals surface area contributed by atoms with Gasteiger partial charge in [0.1, 0.15) is 0 Å². The van der Waals surface area contributed by atoms with E-state index < -0.39 is 5.97 Å². The molecule has 0 aromatic heterocycles. The van der Waals surface area contributed by atoms with Crippen molar-refractivity contribution in [1.82, 2.24) is 4.90 Å². The normalized spacial score (nSPS) is 17.9. The third-order valence-corrected chi connectivity index (χ3v) is 4.04. The average molecular weight is 289 g/mol. The van der Waals surface area contributed by atoms with Crippen LogP contribution in [0.15, 0.2) is 30.3 Å². The number of amides is 1. The highest BCUT2D eigenvalue weighted by molar-refractivity contribution is 5.76. The fourth-order valence-corrected chi connectivity index (χ4v) is 2.88. The molecule has 1 saturated heterocycles. The maximum absolute atomic E-state index is 12.1. The van der Waals surface area contributed by atoms with Gasteiger partial charge in [0.25, 0.3) is 0 Å². The molecule has 0 spiro atoms. The van der Waals surface area contributed by atoms with Crippen LogP contribution in [0.2, 0.25) is 0 Å². The third kappa shape index (κ3) is 5.21. The van der Waals surface area contributed by atoms with Crippen molar-refractivity contribution in [2.24, 2.45) is 5.92 Å². The first kappa shape index (κ1) is 15.5. The molecule has 1 amide bonds. The monoisotopic (exact) mass is 289 g/mol. The molecular formula is C17H23NO3. The Kier molecular flexibility index (Phi) is 5.78. The van der Waals surface area contributed by atoms with Gasteiger partial charge in [0.05, 0.1) is 0 Å². The summed E-state index contributed by atoms with van der Waals surface area (Å²) in [6, 6.07) is 10.4. The first-order valence-electron chi connectivity index (χ1n) is 7.68. The van der Waals surface area contributed by atoms with Gasteiger partial charge >= 0.3 is 5.97 Å². The van der Waals surface area contributed by atoms with Crippen molar-refractivity contribution in [2.75, 3.05) is 13.1 Å². The van der Waals surface area contributed by atoms with Crippen molar-refractivity contribution in [2.45, 2.75) is 38.5 Å². The van der Waals surface area contributed by atoms with Crippen LogP contribution in [0.5, 0.6) is 0 Å². The molecule has 1 unspecified atom stereocenters. The van der Waals surface area contributed by atoms with Crippen molar-refractivity contribution in [3.63, 3.8) is 0 Å². The predicted octanol–water partition coefficient (Wildman–Crippen LogP) is 2.72. The standard InChI is InChI=1S/C17H23NO3/c19-16(8-4-5-9-17(20)21)18-11-10-15(13-18)12-14-6-2-1-3-7-14/h1-3,6-7,15H,4-5,8-13H2,(H,20,21). The molecule has 1 fully saturated rings. The molecule has 4 nitrogen and oxygen atoms in total. The molecule has 1 aliphatic heterocycles. The number of carbonyl (C=O) groups excluding carboxylic acids is 1. The molecule has 1 aromatic carbocycles. The maximum Gasteiger partial charge on any atom is 0.303 e. The summed E-state index contributed by atoms with van der Waals surface area (Å²) < 4.78 is 0. The Hall–Kier alpha value is -1.84. The van der Waals surface area contributed by atoms with Crippen LogP contribution >= 0.6 is 0 Å². The molecule has 0 aliphatic carbocycles. The third-order valence-electron chi connectivity index (χ3n) is 4.04. The van der Waals surface area contributed by atoms with E-state index >= 15 is 0 Å². The van der Waals surface area contributed by atoms with Gasteiger partial charge in [-0.1, -0.05) is 30.3 Å². The van der Waals surface area contributed by atoms with Crippen molar-refractivity contribution in [1.29, 1.82) is 0 Å². The molecule has 1 aliphatic rings. The summed E-state index contributed by atoms with van der Waals surface area (Å²) in [5.41, 5.74) is 1.33. The highest BCUT2D eigenvalue weighted by Crippen LogP contribution is 2.21. The molecule has 2 rings (SSSR count). The summed E-state index contributed by atoms with van der Waals surface area (Å²) in [5.74, 6) is -0.0575. The summed E-state index contributed by atoms with van der Waals surface area (Å²) in [5, 5.41) is 8.57. The number of carboxylic acid groups (broad SMARTS) is 1. The maximum atomic E-state index is 12.1. The lowest BCUT2D eigenvalue weighted by molar-refractivity contribution is -0.137. The van der Waals surface area contributed by atoms with Crippen LogP contribution in [0.3, 0.4) is 0 Å². The number of hydrogen-bond donors (Lipinski definition) is 1. The number of rotatable bonds is 7. The Morgan fingerprint density at radius 1 is 1.14 bits per heavy atom. The minimum Gasteiger partial charge on any atom is -0.481 e. The molecule has 1 atom stereocenters. The largest absolute Gasteiger partial charge is 0.481 e. The fourth-order valence-electron chi connectivity index (χ4n) is 2.88. The zero-order valence-electron chi connectivity index (χ0n) is 12.3. The van der Waals surface area contributed by atoms with Gasteiger partial charge in [0, 0.05) is 25.9 Å². The fraction of sp³-hybridized carbons (Fsp3) is 0.529. The van der Waals surface area contributed by atoms with Crippen molar-refractivity contribution in [3.8, 4) is 0 Å². The van der Waals surface area contributed by atoms with Gasteiger partial charge in [-0.05, 0) is 37.2 Å². The summed E-state index contributed by atoms with van der Waals surface area (Å²) >= 11 is 0. The van der Waals surface area contributed by atoms with Gasteiger partial charge < -0.3 is 10.0 Å². The van der Waals surface area contributed by atoms with Crippen LogP contribution in [0, 0.1) is 5.92 Å². The van der Waals surface area contributed by atoms with Crippen LogP contribution in [0.1, 0.15) is 37.7 Å². The van der Waals surface area contributed by atoms with E-state index in [9.17, 15) is 9.59 Å². The van der Waals surface area contributed by atoms with E-state index in [1.165, 1.54) is 5.56 Å². The van der Waals surface area contributed by atoms with Crippen LogP contribution in [-0.2, 0) is 16.0 Å². The van der Waals surface area contributed by atoms with E-state index in [0.717, 1.165) is 25.9 Å². The van der Waals surface area contributed by atoms with E-state index in [-0.39, 0.29) is 12.3 Å². The number of carboxylic acids is 1. The Morgan fingerprint density at radius 3 is 2.57 bits per heavy atom. The second-order valence-electron chi connectivity index (χ2n) is 5.79. The molecule has 114 valence electrons. The van der Waals surface area contributed by atoms with Gasteiger partial charge in [0.2, 0.25) is 5.91 Å². The van der Waals surface area contributed by atoms with E-state index in [4.69, 9.17) is 5.11 Å². The molecule has 0 radical (unpaired) electrons. The lowest BCUT2D eigenvalue weighted by Crippen LogP contribution is -2.28. The van der Waals surface area contributed by atoms with Gasteiger partial charge in [-0.3, -0.25) is 9.59 Å². The first-order chi connectivity index (χ1) is 10.1. The van der Waals surface area contributed by atoms with Crippen molar-refractivity contribution >= 4 is 11.9 Å². The zero-order valence-corrected chi connectivity index (χ0v) is 12.3. The minimum atomic E-state index is -0.786. The summed E-state index contributed by atoms with van der Waals surface area (Å²) in [6.45, 7) is 1.68. The molecule has 0 saturated carbocycles. The lowest BCUT2D eigenvalue weighted by atomic mass is 9.99. The smallest absolute Gasteiger partial charge is 0.303 e. The lowest BCUT2D eigenvalue weighted by Gasteiger charge is -2.16. The minimum absolute atomic E-state index is 0.157. The Morgan fingerprint density at radius 2 is 1.86 bits per heavy atom. The van der Waals surface area contributed by atoms with E-state index in [0.29, 0.717) is 25.2 Å². The van der Waals surface area contributed by atoms with Gasteiger partial charge in [-0.2, -0.15) is 0 Å². The number of likely N-dealkylation sites (tertiary alicyclic amines) is 1. The molecule has 1 aromatic rings. The molecule has 0 bridgehead atoms. The second kappa shape index (κ2) is 7.81. The molecule has 21 heavy (non-hydrogen) atoms. The molecular weight excluding hydrogens is 266 g/mol. The van der Waals surface area contributed by atoms with Crippen LogP contribution in [-0.4, -0.2) is 35.0 Å². The van der Waals surface area contributed by atoms with E-state index in [2.05, 4.69) is 24.3 Å². The van der Waals surface area contributed by atoms with Gasteiger partial charge in [0.15, 0.2) is 0 Å².